The molecule has 0 spiro atoms. The summed E-state index contributed by atoms with van der Waals surface area (Å²) in [6, 6.07) is 7.34. The van der Waals surface area contributed by atoms with E-state index in [1.54, 1.807) is 0 Å². The van der Waals surface area contributed by atoms with Gasteiger partial charge in [-0.25, -0.2) is 8.78 Å². The van der Waals surface area contributed by atoms with Crippen LogP contribution in [-0.2, 0) is 0 Å². The predicted octanol–water partition coefficient (Wildman–Crippen LogP) is 2.44. The number of amides is 1. The van der Waals surface area contributed by atoms with Crippen molar-refractivity contribution >= 4 is 5.91 Å². The lowest BCUT2D eigenvalue weighted by Crippen LogP contribution is -2.10. The molecule has 0 aliphatic rings. The summed E-state index contributed by atoms with van der Waals surface area (Å²) in [7, 11) is 0. The second kappa shape index (κ2) is 4.44. The molecule has 2 aromatic carbocycles. The maximum atomic E-state index is 13.6. The molecular weight excluding hydrogens is 240 g/mol. The average molecular weight is 249 g/mol. The van der Waals surface area contributed by atoms with Crippen LogP contribution in [0.25, 0.3) is 11.1 Å². The van der Waals surface area contributed by atoms with E-state index in [0.717, 1.165) is 12.1 Å². The smallest absolute Gasteiger partial charge is 0.248 e. The van der Waals surface area contributed by atoms with Crippen molar-refractivity contribution < 1.29 is 18.7 Å². The number of rotatable bonds is 2. The van der Waals surface area contributed by atoms with Crippen molar-refractivity contribution in [1.82, 2.24) is 0 Å². The first-order valence-corrected chi connectivity index (χ1v) is 5.07. The quantitative estimate of drug-likeness (QED) is 0.858. The fraction of sp³-hybridized carbons (Fsp3) is 0. The number of nitrogens with two attached hydrogens (primary N) is 1. The fourth-order valence-electron chi connectivity index (χ4n) is 1.64. The number of aromatic hydroxyl groups is 1. The number of benzene rings is 2. The summed E-state index contributed by atoms with van der Waals surface area (Å²) in [6.45, 7) is 0. The summed E-state index contributed by atoms with van der Waals surface area (Å²) in [5.74, 6) is -3.05. The third kappa shape index (κ3) is 2.15. The molecule has 0 fully saturated rings. The highest BCUT2D eigenvalue weighted by Gasteiger charge is 2.12. The van der Waals surface area contributed by atoms with Crippen LogP contribution in [-0.4, -0.2) is 11.0 Å². The molecule has 2 aromatic rings. The molecule has 0 aliphatic heterocycles. The lowest BCUT2D eigenvalue weighted by Gasteiger charge is -2.06. The minimum atomic E-state index is -1.04. The molecule has 1 amide bonds. The number of halogens is 2. The van der Waals surface area contributed by atoms with E-state index in [1.807, 2.05) is 0 Å². The van der Waals surface area contributed by atoms with Gasteiger partial charge in [0, 0.05) is 11.1 Å². The Labute approximate surface area is 101 Å². The third-order valence-electron chi connectivity index (χ3n) is 2.46. The summed E-state index contributed by atoms with van der Waals surface area (Å²) in [4.78, 5) is 11.0. The fourth-order valence-corrected chi connectivity index (χ4v) is 1.64. The van der Waals surface area contributed by atoms with Crippen molar-refractivity contribution in [3.05, 3.63) is 53.6 Å². The lowest BCUT2D eigenvalue weighted by molar-refractivity contribution is 0.1000. The Morgan fingerprint density at radius 3 is 2.56 bits per heavy atom. The summed E-state index contributed by atoms with van der Waals surface area (Å²) in [5, 5.41) is 9.44. The Morgan fingerprint density at radius 2 is 1.89 bits per heavy atom. The number of phenolic OH excluding ortho intramolecular Hbond substituents is 1. The molecule has 0 saturated carbocycles. The number of carbonyl (C=O) groups is 1. The van der Waals surface area contributed by atoms with Gasteiger partial charge in [0.25, 0.3) is 0 Å². The Morgan fingerprint density at radius 1 is 1.17 bits per heavy atom. The molecule has 0 aliphatic carbocycles. The van der Waals surface area contributed by atoms with Gasteiger partial charge in [-0.05, 0) is 29.8 Å². The van der Waals surface area contributed by atoms with E-state index in [2.05, 4.69) is 0 Å². The van der Waals surface area contributed by atoms with Crippen molar-refractivity contribution in [1.29, 1.82) is 0 Å². The minimum absolute atomic E-state index is 0.0219. The maximum absolute atomic E-state index is 13.6. The molecule has 2 rings (SSSR count). The van der Waals surface area contributed by atoms with Crippen molar-refractivity contribution in [2.45, 2.75) is 0 Å². The molecule has 0 heterocycles. The van der Waals surface area contributed by atoms with E-state index in [-0.39, 0.29) is 22.4 Å². The van der Waals surface area contributed by atoms with Gasteiger partial charge < -0.3 is 10.8 Å². The number of phenols is 1. The molecule has 0 saturated heterocycles. The zero-order valence-electron chi connectivity index (χ0n) is 9.15. The van der Waals surface area contributed by atoms with Crippen LogP contribution in [0, 0.1) is 11.6 Å². The van der Waals surface area contributed by atoms with Crippen molar-refractivity contribution in [3.63, 3.8) is 0 Å². The molecule has 0 unspecified atom stereocenters. The van der Waals surface area contributed by atoms with Gasteiger partial charge in [-0.3, -0.25) is 4.79 Å². The Bertz CT molecular complexity index is 626. The third-order valence-corrected chi connectivity index (χ3v) is 2.46. The average Bonchev–Trinajstić information content (AvgIpc) is 2.31. The Balaban J connectivity index is 2.64. The first-order chi connectivity index (χ1) is 8.49. The van der Waals surface area contributed by atoms with Gasteiger partial charge in [-0.15, -0.1) is 0 Å². The van der Waals surface area contributed by atoms with Crippen LogP contribution < -0.4 is 5.73 Å². The highest BCUT2D eigenvalue weighted by atomic mass is 19.2. The van der Waals surface area contributed by atoms with Crippen LogP contribution in [0.5, 0.6) is 5.75 Å². The molecule has 3 nitrogen and oxygen atoms in total. The van der Waals surface area contributed by atoms with Crippen molar-refractivity contribution in [2.75, 3.05) is 0 Å². The standard InChI is InChI=1S/C13H9F2NO2/c14-11-3-1-2-10(12(11)15)7-4-8(13(16)18)6-9(17)5-7/h1-6,17H,(H2,16,18). The molecular formula is C13H9F2NO2. The van der Waals surface area contributed by atoms with E-state index in [1.165, 1.54) is 24.3 Å². The Hall–Kier alpha value is -2.43. The second-order valence-corrected chi connectivity index (χ2v) is 3.73. The highest BCUT2D eigenvalue weighted by Crippen LogP contribution is 2.28. The second-order valence-electron chi connectivity index (χ2n) is 3.73. The molecule has 92 valence electrons. The van der Waals surface area contributed by atoms with Gasteiger partial charge in [-0.1, -0.05) is 12.1 Å². The maximum Gasteiger partial charge on any atom is 0.248 e. The van der Waals surface area contributed by atoms with Crippen LogP contribution in [0.3, 0.4) is 0 Å². The molecule has 3 N–H and O–H groups in total. The largest absolute Gasteiger partial charge is 0.508 e. The summed E-state index contributed by atoms with van der Waals surface area (Å²) in [6.07, 6.45) is 0. The van der Waals surface area contributed by atoms with Crippen LogP contribution >= 0.6 is 0 Å². The van der Waals surface area contributed by atoms with E-state index in [9.17, 15) is 18.7 Å². The monoisotopic (exact) mass is 249 g/mol. The molecule has 0 radical (unpaired) electrons. The van der Waals surface area contributed by atoms with Gasteiger partial charge in [0.15, 0.2) is 11.6 Å². The molecule has 0 atom stereocenters. The lowest BCUT2D eigenvalue weighted by atomic mass is 10.0. The van der Waals surface area contributed by atoms with E-state index in [0.29, 0.717) is 0 Å². The number of hydrogen-bond donors (Lipinski definition) is 2. The molecule has 0 aromatic heterocycles. The predicted molar refractivity (Wildman–Crippen MR) is 62.0 cm³/mol. The molecule has 18 heavy (non-hydrogen) atoms. The van der Waals surface area contributed by atoms with Gasteiger partial charge >= 0.3 is 0 Å². The minimum Gasteiger partial charge on any atom is -0.508 e. The van der Waals surface area contributed by atoms with Crippen molar-refractivity contribution in [3.8, 4) is 16.9 Å². The van der Waals surface area contributed by atoms with Gasteiger partial charge in [0.2, 0.25) is 5.91 Å². The number of carbonyl (C=O) groups excluding carboxylic acids is 1. The first kappa shape index (κ1) is 12.0. The topological polar surface area (TPSA) is 63.3 Å². The zero-order chi connectivity index (χ0) is 13.3. The van der Waals surface area contributed by atoms with E-state index >= 15 is 0 Å². The summed E-state index contributed by atoms with van der Waals surface area (Å²) in [5.41, 5.74) is 5.24. The summed E-state index contributed by atoms with van der Waals surface area (Å²) >= 11 is 0. The van der Waals surface area contributed by atoms with Crippen LogP contribution in [0.1, 0.15) is 10.4 Å². The summed E-state index contributed by atoms with van der Waals surface area (Å²) < 4.78 is 26.7. The van der Waals surface area contributed by atoms with Crippen molar-refractivity contribution in [2.24, 2.45) is 5.73 Å². The molecule has 0 bridgehead atoms. The van der Waals surface area contributed by atoms with Crippen LogP contribution in [0.2, 0.25) is 0 Å². The number of primary amides is 1. The van der Waals surface area contributed by atoms with E-state index < -0.39 is 17.5 Å². The normalized spacial score (nSPS) is 10.3. The molecule has 5 heteroatoms. The Kier molecular flexibility index (Phi) is 2.97. The SMILES string of the molecule is NC(=O)c1cc(O)cc(-c2cccc(F)c2F)c1. The van der Waals surface area contributed by atoms with Crippen LogP contribution in [0.15, 0.2) is 36.4 Å². The zero-order valence-corrected chi connectivity index (χ0v) is 9.15. The van der Waals surface area contributed by atoms with Crippen LogP contribution in [0.4, 0.5) is 8.78 Å². The first-order valence-electron chi connectivity index (χ1n) is 5.07. The number of hydrogen-bond acceptors (Lipinski definition) is 2. The van der Waals surface area contributed by atoms with Gasteiger partial charge in [0.05, 0.1) is 0 Å². The van der Waals surface area contributed by atoms with E-state index in [4.69, 9.17) is 5.73 Å². The highest BCUT2D eigenvalue weighted by molar-refractivity contribution is 5.94. The van der Waals surface area contributed by atoms with Gasteiger partial charge in [0.1, 0.15) is 5.75 Å². The van der Waals surface area contributed by atoms with Gasteiger partial charge in [-0.2, -0.15) is 0 Å².